The van der Waals surface area contributed by atoms with Gasteiger partial charge in [-0.3, -0.25) is 9.59 Å². The molecule has 6 nitrogen and oxygen atoms in total. The van der Waals surface area contributed by atoms with Crippen molar-refractivity contribution in [2.24, 2.45) is 5.92 Å². The number of nitrogens with zero attached hydrogens (tertiary/aromatic N) is 3. The van der Waals surface area contributed by atoms with Crippen LogP contribution in [0.4, 0.5) is 5.69 Å². The lowest BCUT2D eigenvalue weighted by Gasteiger charge is -2.16. The van der Waals surface area contributed by atoms with E-state index in [9.17, 15) is 9.59 Å². The van der Waals surface area contributed by atoms with E-state index in [4.69, 9.17) is 0 Å². The summed E-state index contributed by atoms with van der Waals surface area (Å²) >= 11 is 1.14. The van der Waals surface area contributed by atoms with Crippen molar-refractivity contribution in [3.63, 3.8) is 0 Å². The van der Waals surface area contributed by atoms with Crippen LogP contribution in [0.1, 0.15) is 6.42 Å². The highest BCUT2D eigenvalue weighted by Crippen LogP contribution is 2.27. The second-order valence-electron chi connectivity index (χ2n) is 4.37. The highest BCUT2D eigenvalue weighted by molar-refractivity contribution is 7.00. The van der Waals surface area contributed by atoms with Crippen LogP contribution < -0.4 is 4.90 Å². The molecule has 1 unspecified atom stereocenters. The fourth-order valence-electron chi connectivity index (χ4n) is 2.22. The molecule has 3 rings (SSSR count). The molecule has 1 atom stereocenters. The van der Waals surface area contributed by atoms with Gasteiger partial charge in [0, 0.05) is 18.7 Å². The number of esters is 1. The van der Waals surface area contributed by atoms with E-state index in [0.29, 0.717) is 6.54 Å². The van der Waals surface area contributed by atoms with Crippen LogP contribution in [-0.2, 0) is 14.3 Å². The summed E-state index contributed by atoms with van der Waals surface area (Å²) in [5.41, 5.74) is 2.32. The summed E-state index contributed by atoms with van der Waals surface area (Å²) in [4.78, 5) is 25.0. The lowest BCUT2D eigenvalue weighted by Crippen LogP contribution is -2.26. The monoisotopic (exact) mass is 277 g/mol. The van der Waals surface area contributed by atoms with Crippen LogP contribution in [0.3, 0.4) is 0 Å². The topological polar surface area (TPSA) is 72.4 Å². The second-order valence-corrected chi connectivity index (χ2v) is 4.89. The molecule has 2 aromatic rings. The molecule has 1 saturated heterocycles. The molecule has 0 N–H and O–H groups in total. The molecule has 0 bridgehead atoms. The molecule has 7 heteroatoms. The van der Waals surface area contributed by atoms with Crippen LogP contribution in [-0.4, -0.2) is 34.3 Å². The summed E-state index contributed by atoms with van der Waals surface area (Å²) in [7, 11) is 1.34. The third-order valence-electron chi connectivity index (χ3n) is 3.21. The fraction of sp³-hybridized carbons (Fsp3) is 0.333. The van der Waals surface area contributed by atoms with Gasteiger partial charge in [0.25, 0.3) is 0 Å². The number of methoxy groups -OCH3 is 1. The quantitative estimate of drug-likeness (QED) is 0.772. The van der Waals surface area contributed by atoms with E-state index in [1.54, 1.807) is 4.90 Å². The van der Waals surface area contributed by atoms with E-state index >= 15 is 0 Å². The number of amides is 1. The molecule has 1 aliphatic rings. The van der Waals surface area contributed by atoms with Gasteiger partial charge in [-0.1, -0.05) is 0 Å². The molecule has 98 valence electrons. The first-order valence-electron chi connectivity index (χ1n) is 5.79. The number of carbonyl (C=O) groups excluding carboxylic acids is 2. The molecule has 19 heavy (non-hydrogen) atoms. The van der Waals surface area contributed by atoms with Gasteiger partial charge in [0.2, 0.25) is 5.91 Å². The smallest absolute Gasteiger partial charge is 0.311 e. The summed E-state index contributed by atoms with van der Waals surface area (Å²) in [6.07, 6.45) is 0.194. The molecule has 0 radical (unpaired) electrons. The van der Waals surface area contributed by atoms with Crippen molar-refractivity contribution in [2.75, 3.05) is 18.6 Å². The molecule has 2 heterocycles. The summed E-state index contributed by atoms with van der Waals surface area (Å²) in [6, 6.07) is 5.46. The van der Waals surface area contributed by atoms with Crippen molar-refractivity contribution in [3.8, 4) is 0 Å². The van der Waals surface area contributed by atoms with Crippen molar-refractivity contribution in [1.29, 1.82) is 0 Å². The Balaban J connectivity index is 1.89. The zero-order valence-corrected chi connectivity index (χ0v) is 11.0. The van der Waals surface area contributed by atoms with Gasteiger partial charge in [-0.25, -0.2) is 0 Å². The van der Waals surface area contributed by atoms with Crippen LogP contribution in [0, 0.1) is 5.92 Å². The Bertz CT molecular complexity index is 654. The number of hydrogen-bond acceptors (Lipinski definition) is 6. The standard InChI is InChI=1S/C12H11N3O3S/c1-18-12(17)7-4-11(16)15(6-7)8-2-3-9-10(5-8)14-19-13-9/h2-3,5,7H,4,6H2,1H3. The normalized spacial score (nSPS) is 19.1. The summed E-state index contributed by atoms with van der Waals surface area (Å²) in [5, 5.41) is 0. The number of anilines is 1. The first-order valence-corrected chi connectivity index (χ1v) is 6.52. The van der Waals surface area contributed by atoms with Gasteiger partial charge in [0.15, 0.2) is 0 Å². The highest BCUT2D eigenvalue weighted by Gasteiger charge is 2.35. The predicted octanol–water partition coefficient (Wildman–Crippen LogP) is 1.22. The number of carbonyl (C=O) groups is 2. The number of hydrogen-bond donors (Lipinski definition) is 0. The Morgan fingerprint density at radius 2 is 2.21 bits per heavy atom. The Hall–Kier alpha value is -2.02. The van der Waals surface area contributed by atoms with Gasteiger partial charge in [-0.2, -0.15) is 8.75 Å². The molecule has 1 aliphatic heterocycles. The summed E-state index contributed by atoms with van der Waals surface area (Å²) in [5.74, 6) is -0.799. The minimum atomic E-state index is -0.387. The number of benzene rings is 1. The average molecular weight is 277 g/mol. The van der Waals surface area contributed by atoms with E-state index in [0.717, 1.165) is 28.4 Å². The zero-order valence-electron chi connectivity index (χ0n) is 10.2. The van der Waals surface area contributed by atoms with Crippen molar-refractivity contribution < 1.29 is 14.3 Å². The van der Waals surface area contributed by atoms with Gasteiger partial charge in [-0.05, 0) is 18.2 Å². The molecule has 0 saturated carbocycles. The Kier molecular flexibility index (Phi) is 2.90. The molecule has 0 aliphatic carbocycles. The molecule has 1 amide bonds. The maximum absolute atomic E-state index is 12.0. The predicted molar refractivity (Wildman–Crippen MR) is 69.9 cm³/mol. The minimum Gasteiger partial charge on any atom is -0.469 e. The van der Waals surface area contributed by atoms with Gasteiger partial charge in [-0.15, -0.1) is 0 Å². The largest absolute Gasteiger partial charge is 0.469 e. The van der Waals surface area contributed by atoms with E-state index in [-0.39, 0.29) is 24.2 Å². The number of rotatable bonds is 2. The number of aromatic nitrogens is 2. The fourth-order valence-corrected chi connectivity index (χ4v) is 2.74. The van der Waals surface area contributed by atoms with Crippen molar-refractivity contribution in [1.82, 2.24) is 8.75 Å². The molecule has 1 fully saturated rings. The van der Waals surface area contributed by atoms with E-state index < -0.39 is 0 Å². The molecule has 1 aromatic heterocycles. The first-order chi connectivity index (χ1) is 9.19. The van der Waals surface area contributed by atoms with Crippen LogP contribution in [0.5, 0.6) is 0 Å². The Morgan fingerprint density at radius 1 is 1.42 bits per heavy atom. The third kappa shape index (κ3) is 2.06. The summed E-state index contributed by atoms with van der Waals surface area (Å²) < 4.78 is 12.9. The second kappa shape index (κ2) is 4.58. The number of ether oxygens (including phenoxy) is 1. The molecular weight excluding hydrogens is 266 g/mol. The van der Waals surface area contributed by atoms with Crippen molar-refractivity contribution in [2.45, 2.75) is 6.42 Å². The lowest BCUT2D eigenvalue weighted by molar-refractivity contribution is -0.145. The van der Waals surface area contributed by atoms with Crippen molar-refractivity contribution in [3.05, 3.63) is 18.2 Å². The zero-order chi connectivity index (χ0) is 13.4. The molecule has 0 spiro atoms. The minimum absolute atomic E-state index is 0.0714. The lowest BCUT2D eigenvalue weighted by atomic mass is 10.1. The first kappa shape index (κ1) is 12.0. The van der Waals surface area contributed by atoms with Gasteiger partial charge < -0.3 is 9.64 Å². The maximum atomic E-state index is 12.0. The number of fused-ring (bicyclic) bond motifs is 1. The van der Waals surface area contributed by atoms with Crippen molar-refractivity contribution >= 4 is 40.3 Å². The van der Waals surface area contributed by atoms with Crippen LogP contribution >= 0.6 is 11.7 Å². The Morgan fingerprint density at radius 3 is 3.00 bits per heavy atom. The Labute approximate surface area is 113 Å². The van der Waals surface area contributed by atoms with Gasteiger partial charge >= 0.3 is 5.97 Å². The van der Waals surface area contributed by atoms with E-state index in [2.05, 4.69) is 13.5 Å². The van der Waals surface area contributed by atoms with Crippen LogP contribution in [0.25, 0.3) is 11.0 Å². The third-order valence-corrected chi connectivity index (χ3v) is 3.77. The molecule has 1 aromatic carbocycles. The maximum Gasteiger partial charge on any atom is 0.311 e. The average Bonchev–Trinajstić information content (AvgIpc) is 3.03. The summed E-state index contributed by atoms with van der Waals surface area (Å²) in [6.45, 7) is 0.356. The van der Waals surface area contributed by atoms with Crippen LogP contribution in [0.15, 0.2) is 18.2 Å². The van der Waals surface area contributed by atoms with Crippen LogP contribution in [0.2, 0.25) is 0 Å². The highest BCUT2D eigenvalue weighted by atomic mass is 32.1. The van der Waals surface area contributed by atoms with Gasteiger partial charge in [0.05, 0.1) is 24.8 Å². The van der Waals surface area contributed by atoms with E-state index in [1.165, 1.54) is 7.11 Å². The SMILES string of the molecule is COC(=O)C1CC(=O)N(c2ccc3nsnc3c2)C1. The van der Waals surface area contributed by atoms with Gasteiger partial charge in [0.1, 0.15) is 11.0 Å². The van der Waals surface area contributed by atoms with E-state index in [1.807, 2.05) is 18.2 Å². The molecular formula is C12H11N3O3S.